The highest BCUT2D eigenvalue weighted by atomic mass is 32.2. The van der Waals surface area contributed by atoms with Crippen LogP contribution in [0.25, 0.3) is 34.3 Å². The van der Waals surface area contributed by atoms with Crippen molar-refractivity contribution in [2.75, 3.05) is 4.72 Å². The van der Waals surface area contributed by atoms with Crippen LogP contribution < -0.4 is 20.7 Å². The first-order chi connectivity index (χ1) is 22.1. The molecule has 13 nitrogen and oxygen atoms in total. The third kappa shape index (κ3) is 4.99. The largest absolute Gasteiger partial charge is 0.344 e. The first-order valence-corrected chi connectivity index (χ1v) is 15.6. The van der Waals surface area contributed by atoms with Gasteiger partial charge in [-0.3, -0.25) is 23.6 Å². The average molecular weight is 632 g/mol. The fourth-order valence-corrected chi connectivity index (χ4v) is 6.12. The van der Waals surface area contributed by atoms with Gasteiger partial charge in [0.1, 0.15) is 5.56 Å². The first-order valence-electron chi connectivity index (χ1n) is 14.0. The zero-order valence-corrected chi connectivity index (χ0v) is 25.3. The standard InChI is InChI=1S/C32H25N9O4S/c1-19(36-31(42)27-29(38-46(33,44)45)37-40-16-6-15-34-30(27)40)28-24-14-13-21-11-12-22(10-9-20-17-35-39(2)18-20)26(25(21)24)32(43)41(28)23-7-4-3-5-8-23/h3-8,11-19H,1-2H3,(H,36,42)(H,37,38)(H2,33,44,45)/t19-/m0/s1. The molecule has 2 aromatic carbocycles. The Morgan fingerprint density at radius 2 is 1.85 bits per heavy atom. The van der Waals surface area contributed by atoms with E-state index in [4.69, 9.17) is 5.14 Å². The molecule has 14 heteroatoms. The molecule has 6 aromatic rings. The molecule has 0 fully saturated rings. The van der Waals surface area contributed by atoms with Gasteiger partial charge in [-0.2, -0.15) is 13.5 Å². The number of amides is 1. The molecule has 0 radical (unpaired) electrons. The van der Waals surface area contributed by atoms with Crippen LogP contribution >= 0.6 is 0 Å². The number of carbonyl (C=O) groups excluding carboxylic acids is 1. The number of hydrogen-bond acceptors (Lipinski definition) is 7. The highest BCUT2D eigenvalue weighted by Gasteiger charge is 2.29. The van der Waals surface area contributed by atoms with Gasteiger partial charge in [0.05, 0.1) is 28.9 Å². The molecule has 4 aromatic heterocycles. The molecule has 1 atom stereocenters. The lowest BCUT2D eigenvalue weighted by molar-refractivity contribution is 0.0941. The summed E-state index contributed by atoms with van der Waals surface area (Å²) in [4.78, 5) is 32.7. The number of nitrogens with zero attached hydrogens (tertiary/aromatic N) is 6. The predicted octanol–water partition coefficient (Wildman–Crippen LogP) is 2.76. The number of aromatic nitrogens is 6. The lowest BCUT2D eigenvalue weighted by atomic mass is 9.96. The molecular weight excluding hydrogens is 606 g/mol. The molecule has 0 aliphatic heterocycles. The highest BCUT2D eigenvalue weighted by molar-refractivity contribution is 7.90. The van der Waals surface area contributed by atoms with Crippen LogP contribution in [0, 0.1) is 11.8 Å². The van der Waals surface area contributed by atoms with E-state index in [1.807, 2.05) is 54.6 Å². The molecule has 0 unspecified atom stereocenters. The summed E-state index contributed by atoms with van der Waals surface area (Å²) >= 11 is 0. The van der Waals surface area contributed by atoms with E-state index in [1.54, 1.807) is 41.7 Å². The van der Waals surface area contributed by atoms with Crippen LogP contribution in [0.4, 0.5) is 5.82 Å². The lowest BCUT2D eigenvalue weighted by Gasteiger charge is -2.23. The molecule has 0 bridgehead atoms. The van der Waals surface area contributed by atoms with E-state index in [-0.39, 0.29) is 22.6 Å². The van der Waals surface area contributed by atoms with Crippen molar-refractivity contribution in [3.05, 3.63) is 117 Å². The number of aryl methyl sites for hydroxylation is 1. The number of hydrogen-bond donors (Lipinski definition) is 3. The monoisotopic (exact) mass is 631 g/mol. The minimum Gasteiger partial charge on any atom is -0.344 e. The van der Waals surface area contributed by atoms with Gasteiger partial charge in [-0.15, -0.1) is 5.10 Å². The van der Waals surface area contributed by atoms with Gasteiger partial charge in [0.2, 0.25) is 0 Å². The van der Waals surface area contributed by atoms with Crippen molar-refractivity contribution >= 4 is 50.5 Å². The molecule has 7 rings (SSSR count). The lowest BCUT2D eigenvalue weighted by Crippen LogP contribution is -2.34. The fraction of sp³-hybridized carbons (Fsp3) is 0.0938. The maximum Gasteiger partial charge on any atom is 0.297 e. The van der Waals surface area contributed by atoms with Gasteiger partial charge in [0.15, 0.2) is 11.5 Å². The number of carbonyl (C=O) groups is 1. The van der Waals surface area contributed by atoms with Gasteiger partial charge in [0, 0.05) is 47.8 Å². The normalized spacial score (nSPS) is 12.7. The van der Waals surface area contributed by atoms with E-state index in [2.05, 4.69) is 37.1 Å². The zero-order chi connectivity index (χ0) is 32.2. The van der Waals surface area contributed by atoms with Crippen molar-refractivity contribution < 1.29 is 13.2 Å². The third-order valence-electron chi connectivity index (χ3n) is 7.55. The second-order valence-corrected chi connectivity index (χ2v) is 12.0. The highest BCUT2D eigenvalue weighted by Crippen LogP contribution is 2.37. The summed E-state index contributed by atoms with van der Waals surface area (Å²) in [5.41, 5.74) is 3.65. The number of pyridine rings is 1. The molecule has 1 aliphatic rings. The van der Waals surface area contributed by atoms with Crippen LogP contribution in [-0.4, -0.2) is 43.3 Å². The molecule has 0 saturated heterocycles. The molecule has 1 aliphatic carbocycles. The van der Waals surface area contributed by atoms with Gasteiger partial charge in [-0.1, -0.05) is 48.3 Å². The number of nitrogens with two attached hydrogens (primary N) is 1. The van der Waals surface area contributed by atoms with Crippen molar-refractivity contribution in [3.63, 3.8) is 0 Å². The maximum absolute atomic E-state index is 14.5. The summed E-state index contributed by atoms with van der Waals surface area (Å²) < 4.78 is 30.4. The number of anilines is 1. The van der Waals surface area contributed by atoms with Crippen molar-refractivity contribution in [1.82, 2.24) is 34.3 Å². The van der Waals surface area contributed by atoms with Crippen LogP contribution in [0.3, 0.4) is 0 Å². The fourth-order valence-electron chi connectivity index (χ4n) is 5.71. The van der Waals surface area contributed by atoms with Gasteiger partial charge in [-0.05, 0) is 36.8 Å². The van der Waals surface area contributed by atoms with Crippen molar-refractivity contribution in [1.29, 1.82) is 0 Å². The molecule has 0 saturated carbocycles. The van der Waals surface area contributed by atoms with Gasteiger partial charge in [-0.25, -0.2) is 14.6 Å². The summed E-state index contributed by atoms with van der Waals surface area (Å²) in [6, 6.07) is 13.7. The van der Waals surface area contributed by atoms with E-state index < -0.39 is 22.2 Å². The van der Waals surface area contributed by atoms with Crippen LogP contribution in [-0.2, 0) is 17.3 Å². The van der Waals surface area contributed by atoms with E-state index in [0.29, 0.717) is 27.9 Å². The van der Waals surface area contributed by atoms with E-state index >= 15 is 0 Å². The van der Waals surface area contributed by atoms with E-state index in [1.165, 1.54) is 16.9 Å². The Morgan fingerprint density at radius 1 is 1.04 bits per heavy atom. The summed E-state index contributed by atoms with van der Waals surface area (Å²) in [5.74, 6) is 5.31. The molecule has 0 spiro atoms. The minimum atomic E-state index is -4.27. The Labute approximate surface area is 262 Å². The maximum atomic E-state index is 14.5. The summed E-state index contributed by atoms with van der Waals surface area (Å²) in [6.45, 7) is 1.75. The topological polar surface area (TPSA) is 171 Å². The SMILES string of the molecule is C[C@H](NC(=O)c1c(NS(N)(=O)=O)nn2cccnc12)c1c2c3c(ccc(C#Cc4cnn(C)c4)c3c(=O)n1-c1ccccc1)C=C2. The van der Waals surface area contributed by atoms with Crippen molar-refractivity contribution in [3.8, 4) is 17.5 Å². The van der Waals surface area contributed by atoms with Gasteiger partial charge in [0.25, 0.3) is 21.7 Å². The second-order valence-electron chi connectivity index (χ2n) is 10.7. The summed E-state index contributed by atoms with van der Waals surface area (Å²) in [6.07, 6.45) is 10.3. The Bertz CT molecular complexity index is 2480. The van der Waals surface area contributed by atoms with Crippen LogP contribution in [0.5, 0.6) is 0 Å². The third-order valence-corrected chi connectivity index (χ3v) is 8.03. The van der Waals surface area contributed by atoms with Gasteiger partial charge < -0.3 is 5.32 Å². The molecular formula is C32H25N9O4S. The van der Waals surface area contributed by atoms with Crippen LogP contribution in [0.15, 0.2) is 78.1 Å². The first kappa shape index (κ1) is 28.7. The summed E-state index contributed by atoms with van der Waals surface area (Å²) in [5, 5.41) is 17.6. The van der Waals surface area contributed by atoms with E-state index in [9.17, 15) is 18.0 Å². The Morgan fingerprint density at radius 3 is 2.59 bits per heavy atom. The zero-order valence-electron chi connectivity index (χ0n) is 24.5. The van der Waals surface area contributed by atoms with Gasteiger partial charge >= 0.3 is 0 Å². The predicted molar refractivity (Wildman–Crippen MR) is 173 cm³/mol. The number of nitrogens with one attached hydrogen (secondary N) is 2. The van der Waals surface area contributed by atoms with E-state index in [0.717, 1.165) is 16.5 Å². The van der Waals surface area contributed by atoms with Crippen LogP contribution in [0.1, 0.15) is 51.3 Å². The Hall–Kier alpha value is -6.04. The molecule has 4 N–H and O–H groups in total. The molecule has 4 heterocycles. The summed E-state index contributed by atoms with van der Waals surface area (Å²) in [7, 11) is -2.46. The second kappa shape index (κ2) is 10.8. The molecule has 228 valence electrons. The number of benzene rings is 2. The quantitative estimate of drug-likeness (QED) is 0.237. The Kier molecular flexibility index (Phi) is 6.77. The minimum absolute atomic E-state index is 0.112. The van der Waals surface area contributed by atoms with Crippen LogP contribution in [0.2, 0.25) is 0 Å². The number of fused-ring (bicyclic) bond motifs is 1. The number of para-hydroxylation sites is 1. The smallest absolute Gasteiger partial charge is 0.297 e. The Balaban J connectivity index is 1.40. The average Bonchev–Trinajstić information content (AvgIpc) is 3.74. The van der Waals surface area contributed by atoms with Crippen molar-refractivity contribution in [2.45, 2.75) is 13.0 Å². The molecule has 46 heavy (non-hydrogen) atoms. The number of rotatable bonds is 6. The van der Waals surface area contributed by atoms with Crippen molar-refractivity contribution in [2.24, 2.45) is 12.2 Å². The molecule has 1 amide bonds.